The van der Waals surface area contributed by atoms with Gasteiger partial charge in [-0.2, -0.15) is 0 Å². The van der Waals surface area contributed by atoms with Crippen molar-refractivity contribution in [1.82, 2.24) is 19.7 Å². The number of benzene rings is 1. The molecule has 0 aliphatic rings. The van der Waals surface area contributed by atoms with Gasteiger partial charge in [-0.15, -0.1) is 10.2 Å². The van der Waals surface area contributed by atoms with E-state index in [0.29, 0.717) is 28.5 Å². The van der Waals surface area contributed by atoms with Gasteiger partial charge < -0.3 is 14.5 Å². The molecular formula is C25H33N5O2S. The Morgan fingerprint density at radius 3 is 2.24 bits per heavy atom. The van der Waals surface area contributed by atoms with E-state index >= 15 is 0 Å². The summed E-state index contributed by atoms with van der Waals surface area (Å²) in [5.41, 5.74) is 4.71. The van der Waals surface area contributed by atoms with Crippen molar-refractivity contribution in [2.75, 3.05) is 18.0 Å². The Labute approximate surface area is 200 Å². The second kappa shape index (κ2) is 10.4. The molecule has 7 nitrogen and oxygen atoms in total. The van der Waals surface area contributed by atoms with Crippen LogP contribution in [0.4, 0.5) is 5.69 Å². The fourth-order valence-electron chi connectivity index (χ4n) is 4.22. The fraction of sp³-hybridized carbons (Fsp3) is 0.440. The van der Waals surface area contributed by atoms with Gasteiger partial charge in [-0.3, -0.25) is 9.59 Å². The molecule has 176 valence electrons. The van der Waals surface area contributed by atoms with Crippen molar-refractivity contribution in [1.29, 1.82) is 0 Å². The van der Waals surface area contributed by atoms with Crippen molar-refractivity contribution in [3.8, 4) is 11.4 Å². The molecule has 0 saturated heterocycles. The standard InChI is InChI=1S/C25H33N5O2S/c1-8-29(9-2)20-13-11-19(12-14-20)24-27-28-25(30(24)10-3)33-18(7)23(32)22-15(4)21(17(6)31)16(5)26-22/h11-14,18,26H,8-10H2,1-7H3. The Balaban J connectivity index is 1.84. The molecule has 3 aromatic rings. The first-order valence-corrected chi connectivity index (χ1v) is 12.3. The van der Waals surface area contributed by atoms with Crippen LogP contribution in [-0.2, 0) is 6.54 Å². The summed E-state index contributed by atoms with van der Waals surface area (Å²) in [5, 5.41) is 9.14. The lowest BCUT2D eigenvalue weighted by Crippen LogP contribution is -2.21. The summed E-state index contributed by atoms with van der Waals surface area (Å²) in [5.74, 6) is 0.698. The number of rotatable bonds is 10. The first-order valence-electron chi connectivity index (χ1n) is 11.4. The predicted molar refractivity (Wildman–Crippen MR) is 135 cm³/mol. The van der Waals surface area contributed by atoms with Crippen molar-refractivity contribution in [2.45, 2.75) is 65.4 Å². The van der Waals surface area contributed by atoms with E-state index in [-0.39, 0.29) is 16.8 Å². The SMILES string of the molecule is CCN(CC)c1ccc(-c2nnc(SC(C)C(=O)c3[nH]c(C)c(C(C)=O)c3C)n2CC)cc1. The molecular weight excluding hydrogens is 434 g/mol. The molecule has 33 heavy (non-hydrogen) atoms. The topological polar surface area (TPSA) is 83.9 Å². The number of H-pyrrole nitrogens is 1. The molecule has 2 heterocycles. The van der Waals surface area contributed by atoms with E-state index in [4.69, 9.17) is 0 Å². The zero-order chi connectivity index (χ0) is 24.3. The van der Waals surface area contributed by atoms with Gasteiger partial charge in [0.05, 0.1) is 10.9 Å². The highest BCUT2D eigenvalue weighted by Crippen LogP contribution is 2.30. The minimum atomic E-state index is -0.381. The predicted octanol–water partition coefficient (Wildman–Crippen LogP) is 5.32. The third-order valence-corrected chi connectivity index (χ3v) is 7.06. The van der Waals surface area contributed by atoms with E-state index in [9.17, 15) is 9.59 Å². The van der Waals surface area contributed by atoms with E-state index in [0.717, 1.165) is 30.2 Å². The third kappa shape index (κ3) is 4.90. The van der Waals surface area contributed by atoms with Gasteiger partial charge in [-0.25, -0.2) is 0 Å². The number of aromatic nitrogens is 4. The second-order valence-electron chi connectivity index (χ2n) is 8.08. The van der Waals surface area contributed by atoms with Gasteiger partial charge in [0, 0.05) is 42.1 Å². The normalized spacial score (nSPS) is 12.1. The molecule has 0 aliphatic heterocycles. The Morgan fingerprint density at radius 1 is 1.09 bits per heavy atom. The average molecular weight is 468 g/mol. The van der Waals surface area contributed by atoms with E-state index in [1.807, 2.05) is 32.3 Å². The maximum absolute atomic E-state index is 13.2. The Bertz CT molecular complexity index is 1140. The van der Waals surface area contributed by atoms with E-state index < -0.39 is 0 Å². The summed E-state index contributed by atoms with van der Waals surface area (Å²) in [4.78, 5) is 30.5. The van der Waals surface area contributed by atoms with Crippen LogP contribution in [0.5, 0.6) is 0 Å². The van der Waals surface area contributed by atoms with Gasteiger partial charge in [-0.1, -0.05) is 11.8 Å². The van der Waals surface area contributed by atoms with Crippen LogP contribution in [0.25, 0.3) is 11.4 Å². The summed E-state index contributed by atoms with van der Waals surface area (Å²) in [6.45, 7) is 16.0. The van der Waals surface area contributed by atoms with Gasteiger partial charge in [0.1, 0.15) is 0 Å². The largest absolute Gasteiger partial charge is 0.372 e. The molecule has 1 aromatic carbocycles. The minimum Gasteiger partial charge on any atom is -0.372 e. The first kappa shape index (κ1) is 24.8. The molecule has 8 heteroatoms. The summed E-state index contributed by atoms with van der Waals surface area (Å²) < 4.78 is 2.04. The lowest BCUT2D eigenvalue weighted by Gasteiger charge is -2.21. The zero-order valence-corrected chi connectivity index (χ0v) is 21.3. The number of ketones is 2. The van der Waals surface area contributed by atoms with Gasteiger partial charge >= 0.3 is 0 Å². The molecule has 0 fully saturated rings. The molecule has 0 saturated carbocycles. The average Bonchev–Trinajstić information content (AvgIpc) is 3.33. The number of hydrogen-bond donors (Lipinski definition) is 1. The number of aromatic amines is 1. The summed E-state index contributed by atoms with van der Waals surface area (Å²) in [6, 6.07) is 8.36. The van der Waals surface area contributed by atoms with Crippen molar-refractivity contribution < 1.29 is 9.59 Å². The number of Topliss-reactive ketones (excluding diaryl/α,β-unsaturated/α-hetero) is 2. The minimum absolute atomic E-state index is 0.0389. The summed E-state index contributed by atoms with van der Waals surface area (Å²) >= 11 is 1.39. The van der Waals surface area contributed by atoms with Crippen LogP contribution in [0, 0.1) is 13.8 Å². The van der Waals surface area contributed by atoms with E-state index in [1.54, 1.807) is 0 Å². The van der Waals surface area contributed by atoms with Crippen molar-refractivity contribution >= 4 is 29.0 Å². The number of carbonyl (C=O) groups excluding carboxylic acids is 2. The second-order valence-corrected chi connectivity index (χ2v) is 9.38. The van der Waals surface area contributed by atoms with E-state index in [1.165, 1.54) is 24.4 Å². The highest BCUT2D eigenvalue weighted by Gasteiger charge is 2.26. The maximum Gasteiger partial charge on any atom is 0.192 e. The summed E-state index contributed by atoms with van der Waals surface area (Å²) in [6.07, 6.45) is 0. The molecule has 2 aromatic heterocycles. The van der Waals surface area contributed by atoms with Crippen molar-refractivity contribution in [2.24, 2.45) is 0 Å². The lowest BCUT2D eigenvalue weighted by molar-refractivity contribution is 0.0988. The Kier molecular flexibility index (Phi) is 7.79. The molecule has 1 N–H and O–H groups in total. The van der Waals surface area contributed by atoms with Gasteiger partial charge in [0.2, 0.25) is 0 Å². The number of carbonyl (C=O) groups is 2. The van der Waals surface area contributed by atoms with Crippen LogP contribution in [0.1, 0.15) is 66.7 Å². The maximum atomic E-state index is 13.2. The van der Waals surface area contributed by atoms with Crippen LogP contribution in [0.2, 0.25) is 0 Å². The molecule has 1 unspecified atom stereocenters. The monoisotopic (exact) mass is 467 g/mol. The smallest absolute Gasteiger partial charge is 0.192 e. The third-order valence-electron chi connectivity index (χ3n) is 5.97. The lowest BCUT2D eigenvalue weighted by atomic mass is 10.0. The molecule has 0 radical (unpaired) electrons. The van der Waals surface area contributed by atoms with Gasteiger partial charge in [0.15, 0.2) is 22.5 Å². The highest BCUT2D eigenvalue weighted by molar-refractivity contribution is 8.00. The number of thioether (sulfide) groups is 1. The van der Waals surface area contributed by atoms with E-state index in [2.05, 4.69) is 58.2 Å². The fourth-order valence-corrected chi connectivity index (χ4v) is 5.20. The van der Waals surface area contributed by atoms with Crippen molar-refractivity contribution in [3.63, 3.8) is 0 Å². The number of nitrogens with zero attached hydrogens (tertiary/aromatic N) is 4. The molecule has 0 spiro atoms. The molecule has 0 bridgehead atoms. The number of anilines is 1. The Hall–Kier alpha value is -2.87. The van der Waals surface area contributed by atoms with Crippen LogP contribution < -0.4 is 4.90 Å². The van der Waals surface area contributed by atoms with Crippen LogP contribution in [0.15, 0.2) is 29.4 Å². The van der Waals surface area contributed by atoms with Crippen LogP contribution >= 0.6 is 11.8 Å². The number of hydrogen-bond acceptors (Lipinski definition) is 6. The van der Waals surface area contributed by atoms with Gasteiger partial charge in [0.25, 0.3) is 0 Å². The van der Waals surface area contributed by atoms with Crippen LogP contribution in [-0.4, -0.2) is 49.7 Å². The highest BCUT2D eigenvalue weighted by atomic mass is 32.2. The Morgan fingerprint density at radius 2 is 1.73 bits per heavy atom. The first-order chi connectivity index (χ1) is 15.7. The number of nitrogens with one attached hydrogen (secondary N) is 1. The van der Waals surface area contributed by atoms with Crippen LogP contribution in [0.3, 0.4) is 0 Å². The molecule has 0 amide bonds. The molecule has 1 atom stereocenters. The molecule has 3 rings (SSSR count). The molecule has 0 aliphatic carbocycles. The quantitative estimate of drug-likeness (QED) is 0.321. The summed E-state index contributed by atoms with van der Waals surface area (Å²) in [7, 11) is 0. The number of aryl methyl sites for hydroxylation is 1. The van der Waals surface area contributed by atoms with Crippen molar-refractivity contribution in [3.05, 3.63) is 46.8 Å². The van der Waals surface area contributed by atoms with Gasteiger partial charge in [-0.05, 0) is 78.3 Å². The zero-order valence-electron chi connectivity index (χ0n) is 20.5.